The van der Waals surface area contributed by atoms with Crippen LogP contribution < -0.4 is 5.73 Å². The second kappa shape index (κ2) is 4.64. The Balaban J connectivity index is 1.91. The van der Waals surface area contributed by atoms with Crippen LogP contribution in [0, 0.1) is 0 Å². The van der Waals surface area contributed by atoms with Crippen LogP contribution in [0.3, 0.4) is 0 Å². The number of aromatic nitrogens is 3. The Labute approximate surface area is 114 Å². The van der Waals surface area contributed by atoms with Gasteiger partial charge in [-0.2, -0.15) is 0 Å². The standard InChI is InChI=1S/C12H11ClN4O2/c13-8-4-2-1-3-7(8)10-5-17-9(6-19-10)11(12(14)18)15-16-17/h1-4,10H,5-6H2,(H2,14,18)/t10-/m1/s1. The highest BCUT2D eigenvalue weighted by Crippen LogP contribution is 2.31. The minimum atomic E-state index is -0.596. The van der Waals surface area contributed by atoms with Crippen LogP contribution >= 0.6 is 11.6 Å². The van der Waals surface area contributed by atoms with Crippen LogP contribution in [0.2, 0.25) is 5.02 Å². The van der Waals surface area contributed by atoms with Crippen molar-refractivity contribution in [3.05, 3.63) is 46.2 Å². The number of nitrogens with zero attached hydrogens (tertiary/aromatic N) is 3. The molecule has 0 aliphatic carbocycles. The predicted molar refractivity (Wildman–Crippen MR) is 67.5 cm³/mol. The molecule has 2 heterocycles. The van der Waals surface area contributed by atoms with Crippen molar-refractivity contribution in [1.82, 2.24) is 15.0 Å². The first-order valence-electron chi connectivity index (χ1n) is 5.75. The number of carbonyl (C=O) groups excluding carboxylic acids is 1. The summed E-state index contributed by atoms with van der Waals surface area (Å²) in [5, 5.41) is 8.34. The fourth-order valence-corrected chi connectivity index (χ4v) is 2.38. The van der Waals surface area contributed by atoms with Crippen LogP contribution in [0.15, 0.2) is 24.3 Å². The maximum absolute atomic E-state index is 11.2. The van der Waals surface area contributed by atoms with E-state index in [-0.39, 0.29) is 18.4 Å². The number of carbonyl (C=O) groups is 1. The van der Waals surface area contributed by atoms with Crippen molar-refractivity contribution in [3.63, 3.8) is 0 Å². The van der Waals surface area contributed by atoms with Crippen LogP contribution in [0.4, 0.5) is 0 Å². The average molecular weight is 279 g/mol. The van der Waals surface area contributed by atoms with Crippen LogP contribution in [0.25, 0.3) is 0 Å². The number of halogens is 1. The first-order chi connectivity index (χ1) is 9.16. The summed E-state index contributed by atoms with van der Waals surface area (Å²) in [5.41, 5.74) is 6.89. The van der Waals surface area contributed by atoms with Crippen molar-refractivity contribution < 1.29 is 9.53 Å². The minimum Gasteiger partial charge on any atom is -0.365 e. The van der Waals surface area contributed by atoms with Crippen molar-refractivity contribution in [2.24, 2.45) is 5.73 Å². The van der Waals surface area contributed by atoms with Gasteiger partial charge in [0.15, 0.2) is 5.69 Å². The quantitative estimate of drug-likeness (QED) is 0.897. The number of primary amides is 1. The van der Waals surface area contributed by atoms with Gasteiger partial charge < -0.3 is 10.5 Å². The maximum Gasteiger partial charge on any atom is 0.271 e. The number of amides is 1. The Morgan fingerprint density at radius 3 is 3.00 bits per heavy atom. The highest BCUT2D eigenvalue weighted by Gasteiger charge is 2.27. The Morgan fingerprint density at radius 2 is 2.26 bits per heavy atom. The molecule has 7 heteroatoms. The lowest BCUT2D eigenvalue weighted by atomic mass is 10.1. The van der Waals surface area contributed by atoms with Crippen molar-refractivity contribution >= 4 is 17.5 Å². The largest absolute Gasteiger partial charge is 0.365 e. The van der Waals surface area contributed by atoms with Gasteiger partial charge in [-0.05, 0) is 6.07 Å². The summed E-state index contributed by atoms with van der Waals surface area (Å²) >= 11 is 6.14. The third-order valence-electron chi connectivity index (χ3n) is 3.08. The highest BCUT2D eigenvalue weighted by atomic mass is 35.5. The van der Waals surface area contributed by atoms with E-state index in [2.05, 4.69) is 10.3 Å². The summed E-state index contributed by atoms with van der Waals surface area (Å²) in [6.07, 6.45) is -0.205. The van der Waals surface area contributed by atoms with Gasteiger partial charge in [-0.25, -0.2) is 4.68 Å². The molecule has 19 heavy (non-hydrogen) atoms. The van der Waals surface area contributed by atoms with Gasteiger partial charge in [-0.15, -0.1) is 5.10 Å². The van der Waals surface area contributed by atoms with Gasteiger partial charge >= 0.3 is 0 Å². The molecule has 6 nitrogen and oxygen atoms in total. The second-order valence-corrected chi connectivity index (χ2v) is 4.66. The molecule has 2 N–H and O–H groups in total. The lowest BCUT2D eigenvalue weighted by Gasteiger charge is -2.24. The normalized spacial score (nSPS) is 18.1. The molecule has 0 radical (unpaired) electrons. The molecule has 1 aliphatic heterocycles. The number of hydrogen-bond donors (Lipinski definition) is 1. The van der Waals surface area contributed by atoms with Gasteiger partial charge in [-0.1, -0.05) is 35.0 Å². The van der Waals surface area contributed by atoms with Gasteiger partial charge in [0.2, 0.25) is 0 Å². The molecule has 1 aromatic carbocycles. The van der Waals surface area contributed by atoms with Gasteiger partial charge in [-0.3, -0.25) is 4.79 Å². The number of fused-ring (bicyclic) bond motifs is 1. The molecular formula is C12H11ClN4O2. The minimum absolute atomic E-state index is 0.164. The summed E-state index contributed by atoms with van der Waals surface area (Å²) < 4.78 is 7.36. The van der Waals surface area contributed by atoms with E-state index in [1.165, 1.54) is 0 Å². The number of hydrogen-bond acceptors (Lipinski definition) is 4. The molecule has 0 spiro atoms. The Hall–Kier alpha value is -1.92. The Bertz CT molecular complexity index is 640. The second-order valence-electron chi connectivity index (χ2n) is 4.25. The van der Waals surface area contributed by atoms with Gasteiger partial charge in [0.05, 0.1) is 18.8 Å². The molecule has 0 fully saturated rings. The maximum atomic E-state index is 11.2. The summed E-state index contributed by atoms with van der Waals surface area (Å²) in [7, 11) is 0. The van der Waals surface area contributed by atoms with E-state index in [0.717, 1.165) is 5.56 Å². The molecule has 1 amide bonds. The molecule has 1 aromatic heterocycles. The van der Waals surface area contributed by atoms with Gasteiger partial charge in [0.1, 0.15) is 6.10 Å². The SMILES string of the molecule is NC(=O)c1nnn2c1CO[C@@H](c1ccccc1Cl)C2. The zero-order valence-corrected chi connectivity index (χ0v) is 10.7. The predicted octanol–water partition coefficient (Wildman–Crippen LogP) is 1.30. The summed E-state index contributed by atoms with van der Waals surface area (Å²) in [4.78, 5) is 11.2. The fraction of sp³-hybridized carbons (Fsp3) is 0.250. The Kier molecular flexibility index (Phi) is 2.96. The number of benzene rings is 1. The fourth-order valence-electron chi connectivity index (χ4n) is 2.13. The molecule has 1 aliphatic rings. The van der Waals surface area contributed by atoms with Crippen LogP contribution in [0.5, 0.6) is 0 Å². The van der Waals surface area contributed by atoms with E-state index in [0.29, 0.717) is 17.3 Å². The first kappa shape index (κ1) is 12.1. The van der Waals surface area contributed by atoms with Crippen LogP contribution in [-0.2, 0) is 17.9 Å². The molecule has 1 atom stereocenters. The summed E-state index contributed by atoms with van der Waals surface area (Å²) in [5.74, 6) is -0.596. The molecule has 0 saturated heterocycles. The lowest BCUT2D eigenvalue weighted by molar-refractivity contribution is -0.00167. The van der Waals surface area contributed by atoms with E-state index >= 15 is 0 Å². The monoisotopic (exact) mass is 278 g/mol. The van der Waals surface area contributed by atoms with Gasteiger partial charge in [0, 0.05) is 10.6 Å². The van der Waals surface area contributed by atoms with Crippen molar-refractivity contribution in [2.45, 2.75) is 19.3 Å². The Morgan fingerprint density at radius 1 is 1.47 bits per heavy atom. The summed E-state index contributed by atoms with van der Waals surface area (Å²) in [6, 6.07) is 7.48. The zero-order chi connectivity index (χ0) is 13.4. The van der Waals surface area contributed by atoms with Crippen molar-refractivity contribution in [3.8, 4) is 0 Å². The molecular weight excluding hydrogens is 268 g/mol. The van der Waals surface area contributed by atoms with E-state index in [4.69, 9.17) is 22.1 Å². The number of nitrogens with two attached hydrogens (primary N) is 1. The number of rotatable bonds is 2. The topological polar surface area (TPSA) is 83.0 Å². The third-order valence-corrected chi connectivity index (χ3v) is 3.43. The smallest absolute Gasteiger partial charge is 0.271 e. The number of ether oxygens (including phenoxy) is 1. The van der Waals surface area contributed by atoms with Crippen molar-refractivity contribution in [2.75, 3.05) is 0 Å². The van der Waals surface area contributed by atoms with Crippen molar-refractivity contribution in [1.29, 1.82) is 0 Å². The van der Waals surface area contributed by atoms with Crippen LogP contribution in [0.1, 0.15) is 27.8 Å². The molecule has 0 unspecified atom stereocenters. The molecule has 3 rings (SSSR count). The van der Waals surface area contributed by atoms with E-state index in [1.54, 1.807) is 4.68 Å². The average Bonchev–Trinajstić information content (AvgIpc) is 2.82. The molecule has 98 valence electrons. The third kappa shape index (κ3) is 2.09. The molecule has 0 bridgehead atoms. The van der Waals surface area contributed by atoms with E-state index in [1.807, 2.05) is 24.3 Å². The molecule has 0 saturated carbocycles. The zero-order valence-electron chi connectivity index (χ0n) is 9.91. The molecule has 2 aromatic rings. The summed E-state index contributed by atoms with van der Waals surface area (Å²) in [6.45, 7) is 0.695. The first-order valence-corrected chi connectivity index (χ1v) is 6.13. The van der Waals surface area contributed by atoms with E-state index in [9.17, 15) is 4.79 Å². The van der Waals surface area contributed by atoms with Crippen LogP contribution in [-0.4, -0.2) is 20.9 Å². The lowest BCUT2D eigenvalue weighted by Crippen LogP contribution is -2.24. The van der Waals surface area contributed by atoms with E-state index < -0.39 is 5.91 Å². The highest BCUT2D eigenvalue weighted by molar-refractivity contribution is 6.31. The van der Waals surface area contributed by atoms with Gasteiger partial charge in [0.25, 0.3) is 5.91 Å².